The molecule has 2 unspecified atom stereocenters. The van der Waals surface area contributed by atoms with Crippen LogP contribution in [0.25, 0.3) is 32.7 Å². The first-order chi connectivity index (χ1) is 24.8. The van der Waals surface area contributed by atoms with Gasteiger partial charge in [-0.3, -0.25) is 20.0 Å². The maximum atomic E-state index is 2.40. The van der Waals surface area contributed by atoms with Gasteiger partial charge in [-0.15, -0.1) is 0 Å². The standard InChI is InChI=1S/C46H34N4/c1-5-17-41-35(11-1)15-9-21-45(41)47-31-37-13-3-7-19-43(37)49(47)39-27-23-33(24-28-39)34-25-29-40(30-26-34)50-44-20-8-4-14-38(44)32-48(50)46-22-10-16-36-12-2-6-18-42(36)46/h1-32,43-44H. The summed E-state index contributed by atoms with van der Waals surface area (Å²) in [6.45, 7) is 0. The van der Waals surface area contributed by atoms with Crippen molar-refractivity contribution in [1.29, 1.82) is 0 Å². The molecule has 4 aliphatic rings. The molecule has 238 valence electrons. The van der Waals surface area contributed by atoms with E-state index in [1.54, 1.807) is 0 Å². The number of rotatable bonds is 5. The highest BCUT2D eigenvalue weighted by molar-refractivity contribution is 5.97. The molecule has 0 saturated carbocycles. The van der Waals surface area contributed by atoms with Crippen LogP contribution in [0.4, 0.5) is 22.7 Å². The molecule has 2 aliphatic carbocycles. The third-order valence-corrected chi connectivity index (χ3v) is 10.2. The average molecular weight is 643 g/mol. The Bertz CT molecular complexity index is 2280. The number of benzene rings is 6. The van der Waals surface area contributed by atoms with E-state index in [1.807, 2.05) is 0 Å². The fourth-order valence-corrected chi connectivity index (χ4v) is 7.82. The van der Waals surface area contributed by atoms with Crippen LogP contribution >= 0.6 is 0 Å². The van der Waals surface area contributed by atoms with E-state index in [1.165, 1.54) is 55.2 Å². The number of hydrazine groups is 2. The maximum absolute atomic E-state index is 2.40. The lowest BCUT2D eigenvalue weighted by molar-refractivity contribution is 0.823. The van der Waals surface area contributed by atoms with Crippen molar-refractivity contribution >= 4 is 44.3 Å². The predicted molar refractivity (Wildman–Crippen MR) is 210 cm³/mol. The molecule has 2 heterocycles. The second-order valence-corrected chi connectivity index (χ2v) is 13.1. The molecule has 10 rings (SSSR count). The fraction of sp³-hybridized carbons (Fsp3) is 0.0435. The van der Waals surface area contributed by atoms with Crippen molar-refractivity contribution in [1.82, 2.24) is 0 Å². The SMILES string of the molecule is C1=CC2=CN(c3cccc4ccccc34)N(c3ccc(-c4ccc(N5C6C=CC=CC6=CN5c5cccc6ccccc56)cc4)cc3)C2C=C1. The summed E-state index contributed by atoms with van der Waals surface area (Å²) in [6, 6.07) is 48.6. The van der Waals surface area contributed by atoms with Crippen LogP contribution in [0.5, 0.6) is 0 Å². The summed E-state index contributed by atoms with van der Waals surface area (Å²) < 4.78 is 0. The van der Waals surface area contributed by atoms with Crippen LogP contribution in [0.1, 0.15) is 0 Å². The van der Waals surface area contributed by atoms with Crippen molar-refractivity contribution in [2.24, 2.45) is 0 Å². The normalized spacial score (nSPS) is 19.0. The van der Waals surface area contributed by atoms with Crippen molar-refractivity contribution in [2.75, 3.05) is 20.0 Å². The van der Waals surface area contributed by atoms with E-state index in [9.17, 15) is 0 Å². The van der Waals surface area contributed by atoms with Crippen LogP contribution in [0, 0.1) is 0 Å². The summed E-state index contributed by atoms with van der Waals surface area (Å²) in [7, 11) is 0. The summed E-state index contributed by atoms with van der Waals surface area (Å²) >= 11 is 0. The number of hydrogen-bond donors (Lipinski definition) is 0. The van der Waals surface area contributed by atoms with E-state index < -0.39 is 0 Å². The van der Waals surface area contributed by atoms with Gasteiger partial charge in [0.25, 0.3) is 0 Å². The first-order valence-electron chi connectivity index (χ1n) is 17.3. The summed E-state index contributed by atoms with van der Waals surface area (Å²) in [4.78, 5) is 0. The van der Waals surface area contributed by atoms with E-state index in [-0.39, 0.29) is 12.1 Å². The fourth-order valence-electron chi connectivity index (χ4n) is 7.82. The Morgan fingerprint density at radius 3 is 1.26 bits per heavy atom. The van der Waals surface area contributed by atoms with Gasteiger partial charge in [-0.05, 0) is 69.4 Å². The van der Waals surface area contributed by atoms with E-state index in [0.29, 0.717) is 0 Å². The quantitative estimate of drug-likeness (QED) is 0.185. The van der Waals surface area contributed by atoms with Crippen LogP contribution in [0.3, 0.4) is 0 Å². The zero-order valence-corrected chi connectivity index (χ0v) is 27.4. The molecule has 2 atom stereocenters. The van der Waals surface area contributed by atoms with Crippen LogP contribution in [-0.4, -0.2) is 12.1 Å². The summed E-state index contributed by atoms with van der Waals surface area (Å²) in [5.41, 5.74) is 9.58. The molecule has 0 fully saturated rings. The average Bonchev–Trinajstić information content (AvgIpc) is 3.77. The summed E-state index contributed by atoms with van der Waals surface area (Å²) in [5, 5.41) is 14.4. The largest absolute Gasteiger partial charge is 0.270 e. The Morgan fingerprint density at radius 2 is 0.800 bits per heavy atom. The molecule has 0 bridgehead atoms. The van der Waals surface area contributed by atoms with Gasteiger partial charge in [0.15, 0.2) is 0 Å². The van der Waals surface area contributed by atoms with Crippen LogP contribution in [-0.2, 0) is 0 Å². The predicted octanol–water partition coefficient (Wildman–Crippen LogP) is 10.9. The van der Waals surface area contributed by atoms with Gasteiger partial charge in [0, 0.05) is 23.2 Å². The highest BCUT2D eigenvalue weighted by atomic mass is 15.7. The molecule has 0 amide bonds. The zero-order valence-electron chi connectivity index (χ0n) is 27.4. The van der Waals surface area contributed by atoms with E-state index in [4.69, 9.17) is 0 Å². The topological polar surface area (TPSA) is 13.0 Å². The molecule has 6 aromatic carbocycles. The lowest BCUT2D eigenvalue weighted by Crippen LogP contribution is -2.41. The van der Waals surface area contributed by atoms with Gasteiger partial charge in [-0.25, -0.2) is 0 Å². The Balaban J connectivity index is 0.971. The third kappa shape index (κ3) is 4.61. The Kier molecular flexibility index (Phi) is 6.59. The molecule has 0 N–H and O–H groups in total. The molecular weight excluding hydrogens is 609 g/mol. The molecule has 0 saturated heterocycles. The van der Waals surface area contributed by atoms with Gasteiger partial charge in [-0.1, -0.05) is 146 Å². The number of fused-ring (bicyclic) bond motifs is 4. The Morgan fingerprint density at radius 1 is 0.380 bits per heavy atom. The molecule has 50 heavy (non-hydrogen) atoms. The molecule has 0 radical (unpaired) electrons. The first-order valence-corrected chi connectivity index (χ1v) is 17.3. The summed E-state index contributed by atoms with van der Waals surface area (Å²) in [6.07, 6.45) is 22.1. The first kappa shape index (κ1) is 28.5. The number of anilines is 4. The van der Waals surface area contributed by atoms with Crippen LogP contribution < -0.4 is 20.0 Å². The van der Waals surface area contributed by atoms with Crippen molar-refractivity contribution in [3.8, 4) is 11.1 Å². The van der Waals surface area contributed by atoms with Crippen molar-refractivity contribution in [3.05, 3.63) is 206 Å². The number of allylic oxidation sites excluding steroid dienone is 4. The smallest absolute Gasteiger partial charge is 0.0958 e. The van der Waals surface area contributed by atoms with E-state index >= 15 is 0 Å². The molecule has 0 spiro atoms. The maximum Gasteiger partial charge on any atom is 0.0958 e. The highest BCUT2D eigenvalue weighted by Gasteiger charge is 2.34. The second kappa shape index (κ2) is 11.6. The number of nitrogens with zero attached hydrogens (tertiary/aromatic N) is 4. The minimum Gasteiger partial charge on any atom is -0.270 e. The van der Waals surface area contributed by atoms with Crippen molar-refractivity contribution < 1.29 is 0 Å². The Labute approximate surface area is 292 Å². The van der Waals surface area contributed by atoms with Gasteiger partial charge < -0.3 is 0 Å². The van der Waals surface area contributed by atoms with Gasteiger partial charge >= 0.3 is 0 Å². The van der Waals surface area contributed by atoms with Crippen LogP contribution in [0.15, 0.2) is 206 Å². The van der Waals surface area contributed by atoms with Gasteiger partial charge in [-0.2, -0.15) is 0 Å². The molecule has 2 aliphatic heterocycles. The molecular formula is C46H34N4. The number of hydrogen-bond acceptors (Lipinski definition) is 4. The molecule has 6 aromatic rings. The third-order valence-electron chi connectivity index (χ3n) is 10.2. The lowest BCUT2D eigenvalue weighted by Gasteiger charge is -2.36. The van der Waals surface area contributed by atoms with E-state index in [0.717, 1.165) is 11.4 Å². The van der Waals surface area contributed by atoms with E-state index in [2.05, 4.69) is 215 Å². The van der Waals surface area contributed by atoms with Gasteiger partial charge in [0.1, 0.15) is 0 Å². The lowest BCUT2D eigenvalue weighted by atomic mass is 10.0. The van der Waals surface area contributed by atoms with Crippen molar-refractivity contribution in [2.45, 2.75) is 12.1 Å². The second-order valence-electron chi connectivity index (χ2n) is 13.1. The van der Waals surface area contributed by atoms with Gasteiger partial charge in [0.2, 0.25) is 0 Å². The van der Waals surface area contributed by atoms with Crippen molar-refractivity contribution in [3.63, 3.8) is 0 Å². The van der Waals surface area contributed by atoms with Crippen LogP contribution in [0.2, 0.25) is 0 Å². The molecule has 4 heteroatoms. The van der Waals surface area contributed by atoms with Gasteiger partial charge in [0.05, 0.1) is 34.8 Å². The summed E-state index contributed by atoms with van der Waals surface area (Å²) in [5.74, 6) is 0. The minimum absolute atomic E-state index is 0.136. The Hall–Kier alpha value is -6.52. The molecule has 0 aromatic heterocycles. The highest BCUT2D eigenvalue weighted by Crippen LogP contribution is 2.41. The molecule has 4 nitrogen and oxygen atoms in total. The minimum atomic E-state index is 0.136. The monoisotopic (exact) mass is 642 g/mol. The zero-order chi connectivity index (χ0) is 33.0.